The number of aromatic nitrogens is 1. The lowest BCUT2D eigenvalue weighted by Gasteiger charge is -2.34. The second-order valence-electron chi connectivity index (χ2n) is 6.94. The van der Waals surface area contributed by atoms with Crippen molar-refractivity contribution >= 4 is 22.7 Å². The van der Waals surface area contributed by atoms with Gasteiger partial charge < -0.3 is 19.5 Å². The van der Waals surface area contributed by atoms with Crippen LogP contribution in [0.25, 0.3) is 10.9 Å². The molecule has 0 atom stereocenters. The number of benzene rings is 1. The van der Waals surface area contributed by atoms with Crippen LogP contribution in [0.1, 0.15) is 24.2 Å². The molecule has 134 valence electrons. The number of amides is 2. The molecule has 1 N–H and O–H groups in total. The number of aliphatic hydroxyl groups is 1. The van der Waals surface area contributed by atoms with E-state index in [2.05, 4.69) is 18.4 Å². The number of nitrogens with zero attached hydrogens (tertiary/aromatic N) is 3. The number of piperazine rings is 1. The van der Waals surface area contributed by atoms with E-state index in [0.717, 1.165) is 23.0 Å². The largest absolute Gasteiger partial charge is 0.387 e. The summed E-state index contributed by atoms with van der Waals surface area (Å²) in [4.78, 5) is 28.0. The van der Waals surface area contributed by atoms with E-state index in [1.165, 1.54) is 0 Å². The van der Waals surface area contributed by atoms with Crippen molar-refractivity contribution in [2.75, 3.05) is 32.8 Å². The standard InChI is InChI=1S/C19H25N3O3/c1-14(2)11-22-12-16(15-5-3-4-6-17(15)22)19(25)21-9-7-20(8-10-21)18(24)13-23/h3-6,12,14,23H,7-11,13H2,1-2H3. The summed E-state index contributed by atoms with van der Waals surface area (Å²) in [6.45, 7) is 6.64. The lowest BCUT2D eigenvalue weighted by Crippen LogP contribution is -2.51. The molecule has 2 heterocycles. The van der Waals surface area contributed by atoms with E-state index in [0.29, 0.717) is 32.1 Å². The van der Waals surface area contributed by atoms with Crippen molar-refractivity contribution in [1.29, 1.82) is 0 Å². The molecule has 1 aromatic heterocycles. The average Bonchev–Trinajstić information content (AvgIpc) is 2.98. The molecule has 1 aromatic carbocycles. The summed E-state index contributed by atoms with van der Waals surface area (Å²) in [6.07, 6.45) is 1.96. The molecule has 0 aliphatic carbocycles. The molecule has 2 amide bonds. The van der Waals surface area contributed by atoms with Gasteiger partial charge >= 0.3 is 0 Å². The highest BCUT2D eigenvalue weighted by Crippen LogP contribution is 2.24. The smallest absolute Gasteiger partial charge is 0.256 e. The van der Waals surface area contributed by atoms with Crippen LogP contribution >= 0.6 is 0 Å². The Morgan fingerprint density at radius 1 is 1.08 bits per heavy atom. The molecular formula is C19H25N3O3. The quantitative estimate of drug-likeness (QED) is 0.916. The summed E-state index contributed by atoms with van der Waals surface area (Å²) in [5.41, 5.74) is 1.80. The molecule has 0 saturated carbocycles. The summed E-state index contributed by atoms with van der Waals surface area (Å²) in [5.74, 6) is 0.224. The van der Waals surface area contributed by atoms with Gasteiger partial charge in [0.15, 0.2) is 0 Å². The minimum Gasteiger partial charge on any atom is -0.387 e. The first-order chi connectivity index (χ1) is 12.0. The van der Waals surface area contributed by atoms with E-state index in [9.17, 15) is 9.59 Å². The van der Waals surface area contributed by atoms with Gasteiger partial charge in [0.2, 0.25) is 5.91 Å². The number of aliphatic hydroxyl groups excluding tert-OH is 1. The molecule has 25 heavy (non-hydrogen) atoms. The van der Waals surface area contributed by atoms with Crippen molar-refractivity contribution < 1.29 is 14.7 Å². The Kier molecular flexibility index (Phi) is 5.08. The minimum atomic E-state index is -0.476. The topological polar surface area (TPSA) is 65.8 Å². The molecular weight excluding hydrogens is 318 g/mol. The summed E-state index contributed by atoms with van der Waals surface area (Å²) >= 11 is 0. The van der Waals surface area contributed by atoms with E-state index < -0.39 is 6.61 Å². The predicted molar refractivity (Wildman–Crippen MR) is 96.3 cm³/mol. The molecule has 1 fully saturated rings. The van der Waals surface area contributed by atoms with Gasteiger partial charge in [-0.15, -0.1) is 0 Å². The first-order valence-corrected chi connectivity index (χ1v) is 8.77. The van der Waals surface area contributed by atoms with Gasteiger partial charge in [-0.3, -0.25) is 9.59 Å². The summed E-state index contributed by atoms with van der Waals surface area (Å²) < 4.78 is 2.15. The van der Waals surface area contributed by atoms with E-state index in [-0.39, 0.29) is 11.8 Å². The van der Waals surface area contributed by atoms with Gasteiger partial charge in [0.05, 0.1) is 5.56 Å². The van der Waals surface area contributed by atoms with Crippen LogP contribution in [0.15, 0.2) is 30.5 Å². The van der Waals surface area contributed by atoms with Crippen molar-refractivity contribution in [1.82, 2.24) is 14.4 Å². The minimum absolute atomic E-state index is 0.00908. The number of fused-ring (bicyclic) bond motifs is 1. The van der Waals surface area contributed by atoms with Gasteiger partial charge in [-0.2, -0.15) is 0 Å². The number of para-hydroxylation sites is 1. The van der Waals surface area contributed by atoms with Gasteiger partial charge in [0.25, 0.3) is 5.91 Å². The monoisotopic (exact) mass is 343 g/mol. The Morgan fingerprint density at radius 2 is 1.72 bits per heavy atom. The molecule has 1 aliphatic heterocycles. The molecule has 0 bridgehead atoms. The van der Waals surface area contributed by atoms with Crippen LogP contribution in [0.3, 0.4) is 0 Å². The molecule has 6 nitrogen and oxygen atoms in total. The Labute approximate surface area is 147 Å². The number of rotatable bonds is 4. The third kappa shape index (κ3) is 3.54. The fourth-order valence-corrected chi connectivity index (χ4v) is 3.39. The van der Waals surface area contributed by atoms with Gasteiger partial charge in [-0.1, -0.05) is 32.0 Å². The van der Waals surface area contributed by atoms with E-state index in [1.54, 1.807) is 9.80 Å². The zero-order valence-electron chi connectivity index (χ0n) is 14.8. The SMILES string of the molecule is CC(C)Cn1cc(C(=O)N2CCN(C(=O)CO)CC2)c2ccccc21. The number of carbonyl (C=O) groups is 2. The molecule has 1 saturated heterocycles. The third-order valence-electron chi connectivity index (χ3n) is 4.64. The second kappa shape index (κ2) is 7.27. The van der Waals surface area contributed by atoms with Crippen molar-refractivity contribution in [3.05, 3.63) is 36.0 Å². The predicted octanol–water partition coefficient (Wildman–Crippen LogP) is 1.57. The van der Waals surface area contributed by atoms with Gasteiger partial charge in [-0.05, 0) is 12.0 Å². The van der Waals surface area contributed by atoms with Crippen LogP contribution in [0, 0.1) is 5.92 Å². The first-order valence-electron chi connectivity index (χ1n) is 8.77. The first kappa shape index (κ1) is 17.5. The highest BCUT2D eigenvalue weighted by molar-refractivity contribution is 6.07. The fourth-order valence-electron chi connectivity index (χ4n) is 3.39. The highest BCUT2D eigenvalue weighted by Gasteiger charge is 2.26. The average molecular weight is 343 g/mol. The Balaban J connectivity index is 1.82. The molecule has 0 spiro atoms. The summed E-state index contributed by atoms with van der Waals surface area (Å²) in [5, 5.41) is 9.93. The molecule has 0 unspecified atom stereocenters. The van der Waals surface area contributed by atoms with Crippen LogP contribution in [-0.4, -0.2) is 64.1 Å². The van der Waals surface area contributed by atoms with Crippen LogP contribution in [-0.2, 0) is 11.3 Å². The zero-order valence-corrected chi connectivity index (χ0v) is 14.8. The summed E-state index contributed by atoms with van der Waals surface area (Å²) in [7, 11) is 0. The Bertz CT molecular complexity index is 773. The van der Waals surface area contributed by atoms with Gasteiger partial charge in [-0.25, -0.2) is 0 Å². The van der Waals surface area contributed by atoms with Crippen LogP contribution in [0.4, 0.5) is 0 Å². The number of carbonyl (C=O) groups excluding carboxylic acids is 2. The fraction of sp³-hybridized carbons (Fsp3) is 0.474. The summed E-state index contributed by atoms with van der Waals surface area (Å²) in [6, 6.07) is 7.99. The van der Waals surface area contributed by atoms with E-state index in [4.69, 9.17) is 5.11 Å². The normalized spacial score (nSPS) is 15.2. The molecule has 6 heteroatoms. The number of hydrogen-bond donors (Lipinski definition) is 1. The second-order valence-corrected chi connectivity index (χ2v) is 6.94. The van der Waals surface area contributed by atoms with Crippen LogP contribution in [0.5, 0.6) is 0 Å². The molecule has 1 aliphatic rings. The molecule has 3 rings (SSSR count). The van der Waals surface area contributed by atoms with Gasteiger partial charge in [0, 0.05) is 49.8 Å². The maximum Gasteiger partial charge on any atom is 0.256 e. The lowest BCUT2D eigenvalue weighted by atomic mass is 10.1. The molecule has 0 radical (unpaired) electrons. The van der Waals surface area contributed by atoms with Crippen LogP contribution in [0.2, 0.25) is 0 Å². The maximum absolute atomic E-state index is 13.0. The van der Waals surface area contributed by atoms with Crippen molar-refractivity contribution in [3.8, 4) is 0 Å². The van der Waals surface area contributed by atoms with Crippen molar-refractivity contribution in [2.24, 2.45) is 5.92 Å². The lowest BCUT2D eigenvalue weighted by molar-refractivity contribution is -0.135. The Morgan fingerprint density at radius 3 is 2.36 bits per heavy atom. The van der Waals surface area contributed by atoms with Crippen molar-refractivity contribution in [3.63, 3.8) is 0 Å². The van der Waals surface area contributed by atoms with Gasteiger partial charge in [0.1, 0.15) is 6.61 Å². The third-order valence-corrected chi connectivity index (χ3v) is 4.64. The van der Waals surface area contributed by atoms with E-state index in [1.807, 2.05) is 30.5 Å². The number of hydrogen-bond acceptors (Lipinski definition) is 3. The zero-order chi connectivity index (χ0) is 18.0. The highest BCUT2D eigenvalue weighted by atomic mass is 16.3. The van der Waals surface area contributed by atoms with Crippen LogP contribution < -0.4 is 0 Å². The molecule has 2 aromatic rings. The Hall–Kier alpha value is -2.34. The maximum atomic E-state index is 13.0. The van der Waals surface area contributed by atoms with E-state index >= 15 is 0 Å². The van der Waals surface area contributed by atoms with Crippen molar-refractivity contribution in [2.45, 2.75) is 20.4 Å².